The Morgan fingerprint density at radius 2 is 1.66 bits per heavy atom. The highest BCUT2D eigenvalue weighted by Gasteiger charge is 2.38. The van der Waals surface area contributed by atoms with Gasteiger partial charge in [-0.15, -0.1) is 4.31 Å². The molecule has 0 bridgehead atoms. The first-order chi connectivity index (χ1) is 18.2. The van der Waals surface area contributed by atoms with E-state index in [0.29, 0.717) is 15.6 Å². The summed E-state index contributed by atoms with van der Waals surface area (Å²) < 4.78 is 39.3. The minimum atomic E-state index is -4.59. The van der Waals surface area contributed by atoms with Crippen molar-refractivity contribution in [2.75, 3.05) is 18.0 Å². The lowest BCUT2D eigenvalue weighted by molar-refractivity contribution is 0.143. The fourth-order valence-corrected chi connectivity index (χ4v) is 5.03. The highest BCUT2D eigenvalue weighted by molar-refractivity contribution is 7.93. The maximum Gasteiger partial charge on any atom is 0.430 e. The fourth-order valence-electron chi connectivity index (χ4n) is 3.57. The molecule has 0 saturated carbocycles. The standard InChI is InChI=1S/C27H27N5O5S/c1-18(2)17-37-27(33)32(25-26(36-4)31-19(3)16-30-25)38(34,35)23-9-7-15-29-24(23)21-12-10-20(11-13-21)22-8-5-6-14-28-22/h5-16,18H,17H2,1-4H3. The van der Waals surface area contributed by atoms with Gasteiger partial charge in [-0.3, -0.25) is 9.97 Å². The molecule has 4 rings (SSSR count). The number of hydrogen-bond acceptors (Lipinski definition) is 9. The normalized spacial score (nSPS) is 11.3. The summed E-state index contributed by atoms with van der Waals surface area (Å²) in [7, 11) is -3.27. The Hall–Kier alpha value is -4.38. The molecule has 0 N–H and O–H groups in total. The molecule has 0 atom stereocenters. The molecule has 0 aliphatic heterocycles. The molecule has 0 unspecified atom stereocenters. The van der Waals surface area contributed by atoms with Crippen LogP contribution in [0.1, 0.15) is 19.5 Å². The highest BCUT2D eigenvalue weighted by atomic mass is 32.2. The van der Waals surface area contributed by atoms with Crippen molar-refractivity contribution in [2.24, 2.45) is 5.92 Å². The Balaban J connectivity index is 1.82. The third kappa shape index (κ3) is 5.62. The van der Waals surface area contributed by atoms with Gasteiger partial charge in [0.2, 0.25) is 5.82 Å². The van der Waals surface area contributed by atoms with Gasteiger partial charge in [-0.1, -0.05) is 44.2 Å². The molecule has 4 aromatic rings. The van der Waals surface area contributed by atoms with Crippen LogP contribution in [0.15, 0.2) is 78.1 Å². The number of aryl methyl sites for hydroxylation is 1. The van der Waals surface area contributed by atoms with E-state index in [1.165, 1.54) is 31.6 Å². The minimum absolute atomic E-state index is 0.00133. The van der Waals surface area contributed by atoms with Crippen LogP contribution in [0.5, 0.6) is 5.88 Å². The number of nitrogens with zero attached hydrogens (tertiary/aromatic N) is 5. The molecule has 3 heterocycles. The number of benzene rings is 1. The molecule has 196 valence electrons. The first-order valence-electron chi connectivity index (χ1n) is 11.8. The summed E-state index contributed by atoms with van der Waals surface area (Å²) in [6, 6.07) is 15.6. The molecule has 0 aliphatic carbocycles. The number of ether oxygens (including phenoxy) is 2. The molecule has 38 heavy (non-hydrogen) atoms. The van der Waals surface area contributed by atoms with Crippen molar-refractivity contribution >= 4 is 21.9 Å². The Labute approximate surface area is 221 Å². The number of sulfonamides is 1. The lowest BCUT2D eigenvalue weighted by atomic mass is 10.1. The Kier molecular flexibility index (Phi) is 7.96. The van der Waals surface area contributed by atoms with Gasteiger partial charge in [-0.05, 0) is 37.1 Å². The van der Waals surface area contributed by atoms with Crippen molar-refractivity contribution in [3.8, 4) is 28.4 Å². The van der Waals surface area contributed by atoms with Gasteiger partial charge in [-0.25, -0.2) is 23.2 Å². The van der Waals surface area contributed by atoms with E-state index in [1.54, 1.807) is 25.3 Å². The average Bonchev–Trinajstić information content (AvgIpc) is 2.93. The zero-order valence-electron chi connectivity index (χ0n) is 21.4. The molecule has 0 saturated heterocycles. The predicted molar refractivity (Wildman–Crippen MR) is 142 cm³/mol. The molecule has 1 amide bonds. The Bertz CT molecular complexity index is 1530. The van der Waals surface area contributed by atoms with Crippen LogP contribution in [-0.4, -0.2) is 48.2 Å². The van der Waals surface area contributed by atoms with E-state index in [-0.39, 0.29) is 34.8 Å². The maximum atomic E-state index is 14.1. The van der Waals surface area contributed by atoms with Gasteiger partial charge in [-0.2, -0.15) is 0 Å². The Morgan fingerprint density at radius 3 is 2.32 bits per heavy atom. The van der Waals surface area contributed by atoms with Crippen molar-refractivity contribution in [3.05, 3.63) is 78.9 Å². The summed E-state index contributed by atoms with van der Waals surface area (Å²) in [6.45, 7) is 5.35. The van der Waals surface area contributed by atoms with Gasteiger partial charge in [0.05, 0.1) is 37.0 Å². The number of pyridine rings is 2. The van der Waals surface area contributed by atoms with Crippen LogP contribution < -0.4 is 9.04 Å². The topological polar surface area (TPSA) is 124 Å². The maximum absolute atomic E-state index is 14.1. The number of carbonyl (C=O) groups is 1. The molecular weight excluding hydrogens is 506 g/mol. The van der Waals surface area contributed by atoms with Crippen LogP contribution in [0.25, 0.3) is 22.5 Å². The second kappa shape index (κ2) is 11.3. The van der Waals surface area contributed by atoms with Crippen molar-refractivity contribution in [2.45, 2.75) is 25.7 Å². The van der Waals surface area contributed by atoms with E-state index < -0.39 is 16.1 Å². The minimum Gasteiger partial charge on any atom is -0.478 e. The summed E-state index contributed by atoms with van der Waals surface area (Å²) >= 11 is 0. The van der Waals surface area contributed by atoms with Gasteiger partial charge in [0.1, 0.15) is 4.90 Å². The van der Waals surface area contributed by atoms with Crippen LogP contribution >= 0.6 is 0 Å². The monoisotopic (exact) mass is 533 g/mol. The molecule has 3 aromatic heterocycles. The summed E-state index contributed by atoms with van der Waals surface area (Å²) in [5.74, 6) is -0.478. The number of carbonyl (C=O) groups excluding carboxylic acids is 1. The molecule has 10 nitrogen and oxygen atoms in total. The first kappa shape index (κ1) is 26.7. The zero-order chi connectivity index (χ0) is 27.3. The smallest absolute Gasteiger partial charge is 0.430 e. The van der Waals surface area contributed by atoms with Crippen LogP contribution in [0.2, 0.25) is 0 Å². The van der Waals surface area contributed by atoms with E-state index >= 15 is 0 Å². The summed E-state index contributed by atoms with van der Waals surface area (Å²) in [6.07, 6.45) is 3.39. The molecular formula is C27H27N5O5S. The average molecular weight is 534 g/mol. The van der Waals surface area contributed by atoms with Gasteiger partial charge in [0, 0.05) is 23.5 Å². The number of hydrogen-bond donors (Lipinski definition) is 0. The lowest BCUT2D eigenvalue weighted by Crippen LogP contribution is -2.39. The third-order valence-corrected chi connectivity index (χ3v) is 7.03. The molecule has 0 radical (unpaired) electrons. The van der Waals surface area contributed by atoms with Crippen LogP contribution in [0.3, 0.4) is 0 Å². The number of aromatic nitrogens is 4. The number of rotatable bonds is 8. The first-order valence-corrected chi connectivity index (χ1v) is 13.2. The second-order valence-electron chi connectivity index (χ2n) is 8.73. The Morgan fingerprint density at radius 1 is 0.947 bits per heavy atom. The van der Waals surface area contributed by atoms with Gasteiger partial charge >= 0.3 is 6.09 Å². The fraction of sp³-hybridized carbons (Fsp3) is 0.222. The van der Waals surface area contributed by atoms with Crippen LogP contribution in [0.4, 0.5) is 10.6 Å². The zero-order valence-corrected chi connectivity index (χ0v) is 22.2. The van der Waals surface area contributed by atoms with Gasteiger partial charge in [0.15, 0.2) is 0 Å². The summed E-state index contributed by atoms with van der Waals surface area (Å²) in [5.41, 5.74) is 2.79. The highest BCUT2D eigenvalue weighted by Crippen LogP contribution is 2.34. The van der Waals surface area contributed by atoms with E-state index in [0.717, 1.165) is 11.3 Å². The number of anilines is 1. The number of amides is 1. The quantitative estimate of drug-likeness (QED) is 0.311. The number of methoxy groups -OCH3 is 1. The van der Waals surface area contributed by atoms with Crippen molar-refractivity contribution in [3.63, 3.8) is 0 Å². The predicted octanol–water partition coefficient (Wildman–Crippen LogP) is 4.91. The van der Waals surface area contributed by atoms with Crippen LogP contribution in [-0.2, 0) is 14.8 Å². The molecule has 11 heteroatoms. The van der Waals surface area contributed by atoms with Crippen LogP contribution in [0, 0.1) is 12.8 Å². The van der Waals surface area contributed by atoms with E-state index in [4.69, 9.17) is 9.47 Å². The molecule has 1 aromatic carbocycles. The second-order valence-corrected chi connectivity index (χ2v) is 10.5. The van der Waals surface area contributed by atoms with Crippen molar-refractivity contribution < 1.29 is 22.7 Å². The summed E-state index contributed by atoms with van der Waals surface area (Å²) in [4.78, 5) is 30.1. The summed E-state index contributed by atoms with van der Waals surface area (Å²) in [5, 5.41) is 0. The third-order valence-electron chi connectivity index (χ3n) is 5.34. The van der Waals surface area contributed by atoms with Crippen molar-refractivity contribution in [1.82, 2.24) is 19.9 Å². The molecule has 0 fully saturated rings. The SMILES string of the molecule is COc1nc(C)cnc1N(C(=O)OCC(C)C)S(=O)(=O)c1cccnc1-c1ccc(-c2ccccn2)cc1. The van der Waals surface area contributed by atoms with E-state index in [2.05, 4.69) is 19.9 Å². The van der Waals surface area contributed by atoms with E-state index in [1.807, 2.05) is 44.2 Å². The van der Waals surface area contributed by atoms with E-state index in [9.17, 15) is 13.2 Å². The largest absolute Gasteiger partial charge is 0.478 e. The van der Waals surface area contributed by atoms with Gasteiger partial charge in [0.25, 0.3) is 15.9 Å². The molecule has 0 aliphatic rings. The van der Waals surface area contributed by atoms with Crippen molar-refractivity contribution in [1.29, 1.82) is 0 Å². The van der Waals surface area contributed by atoms with Gasteiger partial charge < -0.3 is 9.47 Å². The lowest BCUT2D eigenvalue weighted by Gasteiger charge is -2.23. The molecule has 0 spiro atoms.